The number of pyridine rings is 1. The van der Waals surface area contributed by atoms with Gasteiger partial charge in [-0.1, -0.05) is 6.07 Å². The molecule has 0 spiro atoms. The fourth-order valence-corrected chi connectivity index (χ4v) is 2.47. The van der Waals surface area contributed by atoms with E-state index in [-0.39, 0.29) is 0 Å². The highest BCUT2D eigenvalue weighted by molar-refractivity contribution is 5.78. The number of nitrogens with zero attached hydrogens (tertiary/aromatic N) is 2. The lowest BCUT2D eigenvalue weighted by atomic mass is 10.1. The molecule has 0 saturated heterocycles. The summed E-state index contributed by atoms with van der Waals surface area (Å²) < 4.78 is 4.03. The van der Waals surface area contributed by atoms with Crippen LogP contribution in [0.4, 0.5) is 0 Å². The molecule has 3 nitrogen and oxygen atoms in total. The Morgan fingerprint density at radius 2 is 2.06 bits per heavy atom. The summed E-state index contributed by atoms with van der Waals surface area (Å²) in [6.45, 7) is 2.10. The Bertz CT molecular complexity index is 715. The first-order chi connectivity index (χ1) is 8.70. The summed E-state index contributed by atoms with van der Waals surface area (Å²) in [6, 6.07) is 9.94. The molecule has 0 amide bonds. The Morgan fingerprint density at radius 3 is 2.72 bits per heavy atom. The van der Waals surface area contributed by atoms with Gasteiger partial charge in [0.05, 0.1) is 11.4 Å². The number of hydrogen-bond donors (Lipinski definition) is 0. The minimum absolute atomic E-state index is 0.672. The maximum Gasteiger partial charge on any atom is 0.166 e. The number of carbonyl (C=O) groups excluding carboxylic acids is 1. The second kappa shape index (κ2) is 3.88. The second-order valence-electron chi connectivity index (χ2n) is 4.55. The van der Waals surface area contributed by atoms with Gasteiger partial charge >= 0.3 is 0 Å². The molecule has 3 heteroatoms. The van der Waals surface area contributed by atoms with Gasteiger partial charge in [-0.15, -0.1) is 0 Å². The minimum atomic E-state index is 0.672. The average molecular weight is 238 g/mol. The molecule has 18 heavy (non-hydrogen) atoms. The summed E-state index contributed by atoms with van der Waals surface area (Å²) in [4.78, 5) is 11.0. The summed E-state index contributed by atoms with van der Waals surface area (Å²) in [6.07, 6.45) is 4.95. The van der Waals surface area contributed by atoms with Gasteiger partial charge in [0.2, 0.25) is 0 Å². The van der Waals surface area contributed by atoms with E-state index in [9.17, 15) is 4.79 Å². The van der Waals surface area contributed by atoms with Crippen molar-refractivity contribution in [2.75, 3.05) is 0 Å². The van der Waals surface area contributed by atoms with E-state index >= 15 is 0 Å². The van der Waals surface area contributed by atoms with Gasteiger partial charge in [-0.25, -0.2) is 0 Å². The van der Waals surface area contributed by atoms with Crippen molar-refractivity contribution < 1.29 is 4.79 Å². The minimum Gasteiger partial charge on any atom is -0.350 e. The van der Waals surface area contributed by atoms with E-state index in [1.165, 1.54) is 11.3 Å². The molecule has 0 radical (unpaired) electrons. The van der Waals surface area contributed by atoms with Gasteiger partial charge in [-0.05, 0) is 36.8 Å². The van der Waals surface area contributed by atoms with Gasteiger partial charge < -0.3 is 8.97 Å². The molecule has 0 unspecified atom stereocenters. The van der Waals surface area contributed by atoms with Crippen molar-refractivity contribution >= 4 is 11.8 Å². The first-order valence-electron chi connectivity index (χ1n) is 5.89. The first-order valence-corrected chi connectivity index (χ1v) is 5.89. The third-order valence-corrected chi connectivity index (χ3v) is 3.33. The number of rotatable bonds is 2. The van der Waals surface area contributed by atoms with Gasteiger partial charge in [0.15, 0.2) is 6.29 Å². The normalized spacial score (nSPS) is 11.0. The van der Waals surface area contributed by atoms with Crippen LogP contribution in [0.25, 0.3) is 16.8 Å². The SMILES string of the molecule is Cc1ccn(C)c1-c1cc2cccc(C=O)n2c1. The Kier molecular flexibility index (Phi) is 2.33. The molecule has 0 atom stereocenters. The van der Waals surface area contributed by atoms with E-state index in [1.807, 2.05) is 42.0 Å². The highest BCUT2D eigenvalue weighted by Crippen LogP contribution is 2.26. The van der Waals surface area contributed by atoms with Crippen LogP contribution in [0.15, 0.2) is 42.7 Å². The molecule has 0 aliphatic heterocycles. The van der Waals surface area contributed by atoms with Gasteiger partial charge in [-0.3, -0.25) is 4.79 Å². The van der Waals surface area contributed by atoms with Gasteiger partial charge in [0, 0.05) is 30.5 Å². The van der Waals surface area contributed by atoms with E-state index in [0.717, 1.165) is 17.4 Å². The molecule has 0 aliphatic carbocycles. The number of aryl methyl sites for hydroxylation is 2. The molecule has 0 N–H and O–H groups in total. The van der Waals surface area contributed by atoms with Crippen molar-refractivity contribution in [1.29, 1.82) is 0 Å². The molecular formula is C15H14N2O. The van der Waals surface area contributed by atoms with Crippen molar-refractivity contribution in [3.63, 3.8) is 0 Å². The molecule has 3 rings (SSSR count). The zero-order valence-corrected chi connectivity index (χ0v) is 10.4. The zero-order chi connectivity index (χ0) is 12.7. The van der Waals surface area contributed by atoms with Crippen LogP contribution in [0.3, 0.4) is 0 Å². The largest absolute Gasteiger partial charge is 0.350 e. The predicted molar refractivity (Wildman–Crippen MR) is 71.9 cm³/mol. The van der Waals surface area contributed by atoms with Crippen LogP contribution in [0.1, 0.15) is 16.1 Å². The molecule has 0 saturated carbocycles. The summed E-state index contributed by atoms with van der Waals surface area (Å²) in [5, 5.41) is 0. The Morgan fingerprint density at radius 1 is 1.22 bits per heavy atom. The topological polar surface area (TPSA) is 26.4 Å². The quantitative estimate of drug-likeness (QED) is 0.630. The number of carbonyl (C=O) groups is 1. The summed E-state index contributed by atoms with van der Waals surface area (Å²) in [5.74, 6) is 0. The lowest BCUT2D eigenvalue weighted by molar-refractivity contribution is 0.111. The van der Waals surface area contributed by atoms with E-state index in [4.69, 9.17) is 0 Å². The molecule has 3 aromatic rings. The molecule has 90 valence electrons. The lowest BCUT2D eigenvalue weighted by Gasteiger charge is -2.01. The fraction of sp³-hybridized carbons (Fsp3) is 0.133. The van der Waals surface area contributed by atoms with Crippen molar-refractivity contribution in [2.24, 2.45) is 7.05 Å². The van der Waals surface area contributed by atoms with Crippen LogP contribution < -0.4 is 0 Å². The first kappa shape index (κ1) is 10.8. The summed E-state index contributed by atoms with van der Waals surface area (Å²) >= 11 is 0. The third-order valence-electron chi connectivity index (χ3n) is 3.33. The maximum atomic E-state index is 11.0. The van der Waals surface area contributed by atoms with E-state index in [1.54, 1.807) is 0 Å². The maximum absolute atomic E-state index is 11.0. The molecule has 0 fully saturated rings. The number of aldehydes is 1. The van der Waals surface area contributed by atoms with Crippen LogP contribution in [0.2, 0.25) is 0 Å². The number of aromatic nitrogens is 2. The third kappa shape index (κ3) is 1.48. The summed E-state index contributed by atoms with van der Waals surface area (Å²) in [5.41, 5.74) is 5.27. The van der Waals surface area contributed by atoms with Gasteiger partial charge in [0.1, 0.15) is 0 Å². The number of fused-ring (bicyclic) bond motifs is 1. The van der Waals surface area contributed by atoms with E-state index in [0.29, 0.717) is 5.69 Å². The predicted octanol–water partition coefficient (Wildman–Crippen LogP) is 3.07. The van der Waals surface area contributed by atoms with Crippen molar-refractivity contribution in [3.05, 3.63) is 54.0 Å². The average Bonchev–Trinajstić information content (AvgIpc) is 2.92. The Labute approximate surface area is 105 Å². The lowest BCUT2D eigenvalue weighted by Crippen LogP contribution is -1.92. The highest BCUT2D eigenvalue weighted by Gasteiger charge is 2.09. The molecule has 3 aromatic heterocycles. The van der Waals surface area contributed by atoms with E-state index in [2.05, 4.69) is 23.6 Å². The van der Waals surface area contributed by atoms with Crippen LogP contribution in [-0.4, -0.2) is 15.3 Å². The smallest absolute Gasteiger partial charge is 0.166 e. The standard InChI is InChI=1S/C15H14N2O/c1-11-6-7-16(2)15(11)12-8-13-4-3-5-14(10-18)17(13)9-12/h3-10H,1-2H3. The van der Waals surface area contributed by atoms with Gasteiger partial charge in [-0.2, -0.15) is 0 Å². The Hall–Kier alpha value is -2.29. The molecule has 0 aliphatic rings. The molecule has 0 bridgehead atoms. The van der Waals surface area contributed by atoms with Crippen LogP contribution in [-0.2, 0) is 7.05 Å². The zero-order valence-electron chi connectivity index (χ0n) is 10.4. The Balaban J connectivity index is 2.29. The van der Waals surface area contributed by atoms with Crippen molar-refractivity contribution in [2.45, 2.75) is 6.92 Å². The van der Waals surface area contributed by atoms with Crippen molar-refractivity contribution in [1.82, 2.24) is 8.97 Å². The number of hydrogen-bond acceptors (Lipinski definition) is 1. The monoisotopic (exact) mass is 238 g/mol. The fourth-order valence-electron chi connectivity index (χ4n) is 2.47. The van der Waals surface area contributed by atoms with Crippen LogP contribution in [0.5, 0.6) is 0 Å². The molecule has 0 aromatic carbocycles. The second-order valence-corrected chi connectivity index (χ2v) is 4.55. The van der Waals surface area contributed by atoms with Crippen molar-refractivity contribution in [3.8, 4) is 11.3 Å². The van der Waals surface area contributed by atoms with E-state index < -0.39 is 0 Å². The van der Waals surface area contributed by atoms with Crippen LogP contribution >= 0.6 is 0 Å². The molecule has 3 heterocycles. The van der Waals surface area contributed by atoms with Crippen LogP contribution in [0, 0.1) is 6.92 Å². The highest BCUT2D eigenvalue weighted by atomic mass is 16.1. The summed E-state index contributed by atoms with van der Waals surface area (Å²) in [7, 11) is 2.03. The molecular weight excluding hydrogens is 224 g/mol. The van der Waals surface area contributed by atoms with Gasteiger partial charge in [0.25, 0.3) is 0 Å².